The predicted molar refractivity (Wildman–Crippen MR) is 89.8 cm³/mol. The standard InChI is InChI=1S/C17H20N6O2/c1-10-7-11(2)19-15(14(10)8-18)23-6-5-17(9-23,21-12(3)24)16-20-13(4)25-22-16/h7H,5-6,9H2,1-4H3,(H,21,24). The van der Waals surface area contributed by atoms with E-state index in [0.717, 1.165) is 11.3 Å². The van der Waals surface area contributed by atoms with Crippen molar-refractivity contribution in [2.45, 2.75) is 39.7 Å². The molecule has 25 heavy (non-hydrogen) atoms. The molecule has 0 aromatic carbocycles. The second-order valence-corrected chi connectivity index (χ2v) is 6.46. The molecule has 8 nitrogen and oxygen atoms in total. The Balaban J connectivity index is 2.01. The smallest absolute Gasteiger partial charge is 0.223 e. The molecule has 0 radical (unpaired) electrons. The van der Waals surface area contributed by atoms with Gasteiger partial charge in [0.15, 0.2) is 5.82 Å². The number of aromatic nitrogens is 3. The van der Waals surface area contributed by atoms with E-state index in [1.54, 1.807) is 6.92 Å². The second-order valence-electron chi connectivity index (χ2n) is 6.46. The number of nitrogens with zero attached hydrogens (tertiary/aromatic N) is 5. The molecular formula is C17H20N6O2. The zero-order valence-electron chi connectivity index (χ0n) is 14.8. The summed E-state index contributed by atoms with van der Waals surface area (Å²) in [6.45, 7) is 8.03. The van der Waals surface area contributed by atoms with Gasteiger partial charge in [0.1, 0.15) is 17.4 Å². The van der Waals surface area contributed by atoms with E-state index in [0.29, 0.717) is 42.6 Å². The third-order valence-electron chi connectivity index (χ3n) is 4.38. The molecule has 1 N–H and O–H groups in total. The van der Waals surface area contributed by atoms with Crippen LogP contribution in [0.4, 0.5) is 5.82 Å². The highest BCUT2D eigenvalue weighted by Crippen LogP contribution is 2.34. The molecule has 0 aliphatic carbocycles. The van der Waals surface area contributed by atoms with E-state index < -0.39 is 5.54 Å². The number of hydrogen-bond acceptors (Lipinski definition) is 7. The zero-order chi connectivity index (χ0) is 18.2. The van der Waals surface area contributed by atoms with Crippen LogP contribution in [-0.4, -0.2) is 34.1 Å². The van der Waals surface area contributed by atoms with Gasteiger partial charge < -0.3 is 14.7 Å². The second kappa shape index (κ2) is 6.16. The van der Waals surface area contributed by atoms with Gasteiger partial charge in [-0.05, 0) is 31.9 Å². The molecule has 3 heterocycles. The summed E-state index contributed by atoms with van der Waals surface area (Å²) in [7, 11) is 0. The van der Waals surface area contributed by atoms with Gasteiger partial charge in [0.25, 0.3) is 0 Å². The number of carbonyl (C=O) groups excluding carboxylic acids is 1. The monoisotopic (exact) mass is 340 g/mol. The minimum absolute atomic E-state index is 0.168. The van der Waals surface area contributed by atoms with E-state index in [2.05, 4.69) is 26.5 Å². The molecule has 0 saturated carbocycles. The summed E-state index contributed by atoms with van der Waals surface area (Å²) in [5, 5.41) is 16.5. The van der Waals surface area contributed by atoms with E-state index in [1.807, 2.05) is 24.8 Å². The van der Waals surface area contributed by atoms with Gasteiger partial charge in [0.05, 0.1) is 12.1 Å². The number of rotatable bonds is 3. The van der Waals surface area contributed by atoms with Crippen LogP contribution >= 0.6 is 0 Å². The van der Waals surface area contributed by atoms with Crippen molar-refractivity contribution in [1.29, 1.82) is 5.26 Å². The fourth-order valence-electron chi connectivity index (χ4n) is 3.35. The van der Waals surface area contributed by atoms with Gasteiger partial charge in [0.2, 0.25) is 11.8 Å². The summed E-state index contributed by atoms with van der Waals surface area (Å²) < 4.78 is 5.11. The van der Waals surface area contributed by atoms with Crippen LogP contribution in [0, 0.1) is 32.1 Å². The van der Waals surface area contributed by atoms with Crippen molar-refractivity contribution in [2.75, 3.05) is 18.0 Å². The summed E-state index contributed by atoms with van der Waals surface area (Å²) in [5.74, 6) is 1.36. The first-order valence-electron chi connectivity index (χ1n) is 8.07. The Labute approximate surface area is 145 Å². The number of anilines is 1. The van der Waals surface area contributed by atoms with Crippen LogP contribution in [0.1, 0.15) is 41.9 Å². The summed E-state index contributed by atoms with van der Waals surface area (Å²) in [6, 6.07) is 4.13. The molecule has 130 valence electrons. The molecule has 8 heteroatoms. The van der Waals surface area contributed by atoms with Crippen LogP contribution in [0.5, 0.6) is 0 Å². The lowest BCUT2D eigenvalue weighted by Gasteiger charge is -2.27. The summed E-state index contributed by atoms with van der Waals surface area (Å²) in [5.41, 5.74) is 1.53. The van der Waals surface area contributed by atoms with Crippen LogP contribution in [0.15, 0.2) is 10.6 Å². The molecule has 3 rings (SSSR count). The van der Waals surface area contributed by atoms with Gasteiger partial charge in [-0.15, -0.1) is 0 Å². The van der Waals surface area contributed by atoms with Gasteiger partial charge in [-0.2, -0.15) is 10.2 Å². The molecule has 1 aliphatic heterocycles. The van der Waals surface area contributed by atoms with Crippen LogP contribution in [-0.2, 0) is 10.3 Å². The van der Waals surface area contributed by atoms with Crippen LogP contribution in [0.2, 0.25) is 0 Å². The minimum Gasteiger partial charge on any atom is -0.353 e. The largest absolute Gasteiger partial charge is 0.353 e. The molecule has 0 bridgehead atoms. The van der Waals surface area contributed by atoms with Gasteiger partial charge in [-0.3, -0.25) is 4.79 Å². The molecule has 1 atom stereocenters. The van der Waals surface area contributed by atoms with Crippen LogP contribution < -0.4 is 10.2 Å². The van der Waals surface area contributed by atoms with Crippen LogP contribution in [0.3, 0.4) is 0 Å². The maximum atomic E-state index is 11.8. The molecule has 1 aliphatic rings. The Hall–Kier alpha value is -2.95. The van der Waals surface area contributed by atoms with Gasteiger partial charge in [-0.25, -0.2) is 4.98 Å². The lowest BCUT2D eigenvalue weighted by atomic mass is 9.97. The topological polar surface area (TPSA) is 108 Å². The van der Waals surface area contributed by atoms with Crippen molar-refractivity contribution >= 4 is 11.7 Å². The first kappa shape index (κ1) is 16.9. The number of nitrogens with one attached hydrogen (secondary N) is 1. The van der Waals surface area contributed by atoms with E-state index >= 15 is 0 Å². The molecule has 2 aromatic rings. The van der Waals surface area contributed by atoms with Crippen molar-refractivity contribution in [3.63, 3.8) is 0 Å². The average molecular weight is 340 g/mol. The Morgan fingerprint density at radius 2 is 2.16 bits per heavy atom. The lowest BCUT2D eigenvalue weighted by molar-refractivity contribution is -0.120. The first-order chi connectivity index (χ1) is 11.8. The quantitative estimate of drug-likeness (QED) is 0.902. The highest BCUT2D eigenvalue weighted by atomic mass is 16.5. The SMILES string of the molecule is CC(=O)NC1(c2noc(C)n2)CCN(c2nc(C)cc(C)c2C#N)C1. The van der Waals surface area contributed by atoms with E-state index in [4.69, 9.17) is 4.52 Å². The summed E-state index contributed by atoms with van der Waals surface area (Å²) in [6.07, 6.45) is 0.602. The third kappa shape index (κ3) is 3.05. The van der Waals surface area contributed by atoms with Gasteiger partial charge in [-0.1, -0.05) is 5.16 Å². The third-order valence-corrected chi connectivity index (χ3v) is 4.38. The van der Waals surface area contributed by atoms with E-state index in [9.17, 15) is 10.1 Å². The van der Waals surface area contributed by atoms with Gasteiger partial charge in [0, 0.05) is 26.1 Å². The summed E-state index contributed by atoms with van der Waals surface area (Å²) >= 11 is 0. The Morgan fingerprint density at radius 3 is 2.76 bits per heavy atom. The Morgan fingerprint density at radius 1 is 1.40 bits per heavy atom. The highest BCUT2D eigenvalue weighted by molar-refractivity contribution is 5.74. The Kier molecular flexibility index (Phi) is 4.17. The fraction of sp³-hybridized carbons (Fsp3) is 0.471. The maximum absolute atomic E-state index is 11.8. The molecule has 1 fully saturated rings. The van der Waals surface area contributed by atoms with Crippen molar-refractivity contribution < 1.29 is 9.32 Å². The maximum Gasteiger partial charge on any atom is 0.223 e. The van der Waals surface area contributed by atoms with Crippen LogP contribution in [0.25, 0.3) is 0 Å². The van der Waals surface area contributed by atoms with E-state index in [-0.39, 0.29) is 5.91 Å². The normalized spacial score (nSPS) is 19.7. The molecule has 1 amide bonds. The first-order valence-corrected chi connectivity index (χ1v) is 8.07. The fourth-order valence-corrected chi connectivity index (χ4v) is 3.35. The molecule has 2 aromatic heterocycles. The summed E-state index contributed by atoms with van der Waals surface area (Å²) in [4.78, 5) is 22.7. The molecule has 0 spiro atoms. The minimum atomic E-state index is -0.754. The predicted octanol–water partition coefficient (Wildman–Crippen LogP) is 1.50. The number of carbonyl (C=O) groups is 1. The molecule has 1 unspecified atom stereocenters. The number of pyridine rings is 1. The number of amides is 1. The Bertz CT molecular complexity index is 869. The van der Waals surface area contributed by atoms with Crippen molar-refractivity contribution in [3.05, 3.63) is 34.6 Å². The lowest BCUT2D eigenvalue weighted by Crippen LogP contribution is -2.48. The average Bonchev–Trinajstić information content (AvgIpc) is 3.13. The van der Waals surface area contributed by atoms with Gasteiger partial charge >= 0.3 is 0 Å². The highest BCUT2D eigenvalue weighted by Gasteiger charge is 2.45. The molecule has 1 saturated heterocycles. The number of aryl methyl sites for hydroxylation is 3. The zero-order valence-corrected chi connectivity index (χ0v) is 14.8. The number of hydrogen-bond donors (Lipinski definition) is 1. The van der Waals surface area contributed by atoms with E-state index in [1.165, 1.54) is 6.92 Å². The van der Waals surface area contributed by atoms with Crippen molar-refractivity contribution in [1.82, 2.24) is 20.4 Å². The van der Waals surface area contributed by atoms with Crippen molar-refractivity contribution in [2.24, 2.45) is 0 Å². The number of nitriles is 1. The van der Waals surface area contributed by atoms with Crippen molar-refractivity contribution in [3.8, 4) is 6.07 Å². The molecular weight excluding hydrogens is 320 g/mol.